The normalized spacial score (nSPS) is 12.8. The number of benzene rings is 1. The molecule has 0 saturated heterocycles. The molecule has 0 saturated carbocycles. The van der Waals surface area contributed by atoms with Gasteiger partial charge in [0.2, 0.25) is 0 Å². The van der Waals surface area contributed by atoms with Crippen LogP contribution in [0.5, 0.6) is 5.75 Å². The van der Waals surface area contributed by atoms with E-state index in [0.717, 1.165) is 16.5 Å². The minimum atomic E-state index is -1.05. The number of ether oxygens (including phenoxy) is 1. The number of aromatic nitrogens is 1. The van der Waals surface area contributed by atoms with Gasteiger partial charge in [0.1, 0.15) is 5.75 Å². The van der Waals surface area contributed by atoms with Gasteiger partial charge in [-0.15, -0.1) is 0 Å². The highest BCUT2D eigenvalue weighted by Gasteiger charge is 2.35. The first kappa shape index (κ1) is 18.6. The first-order valence-corrected chi connectivity index (χ1v) is 8.40. The lowest BCUT2D eigenvalue weighted by Gasteiger charge is -2.29. The molecule has 1 aromatic carbocycles. The van der Waals surface area contributed by atoms with Crippen molar-refractivity contribution in [3.8, 4) is 5.75 Å². The Balaban J connectivity index is 2.35. The van der Waals surface area contributed by atoms with E-state index in [1.807, 2.05) is 32.2 Å². The average Bonchev–Trinajstić information content (AvgIpc) is 2.95. The number of primary amides is 1. The molecule has 0 spiro atoms. The Morgan fingerprint density at radius 1 is 1.36 bits per heavy atom. The lowest BCUT2D eigenvalue weighted by molar-refractivity contribution is -0.134. The third-order valence-electron chi connectivity index (χ3n) is 4.56. The summed E-state index contributed by atoms with van der Waals surface area (Å²) in [4.78, 5) is 25.8. The van der Waals surface area contributed by atoms with Crippen LogP contribution < -0.4 is 15.8 Å². The summed E-state index contributed by atoms with van der Waals surface area (Å²) in [5.74, 6) is 0.0747. The molecule has 0 fully saturated rings. The molecular formula is C18H25N3O4. The van der Waals surface area contributed by atoms with Gasteiger partial charge in [0.15, 0.2) is 5.60 Å². The van der Waals surface area contributed by atoms with Crippen molar-refractivity contribution in [3.63, 3.8) is 0 Å². The maximum Gasteiger partial charge on any atom is 0.404 e. The van der Waals surface area contributed by atoms with Crippen molar-refractivity contribution >= 4 is 22.9 Å². The van der Waals surface area contributed by atoms with Crippen LogP contribution in [0.25, 0.3) is 10.9 Å². The molecule has 0 unspecified atom stereocenters. The van der Waals surface area contributed by atoms with E-state index in [0.29, 0.717) is 25.0 Å². The Labute approximate surface area is 146 Å². The molecular weight excluding hydrogens is 322 g/mol. The summed E-state index contributed by atoms with van der Waals surface area (Å²) < 4.78 is 6.04. The molecule has 1 heterocycles. The SMILES string of the molecule is CCC(CC)(Oc1cccc2c(C[C@@H](C)NC(=O)O)c[nH]c12)C(N)=O. The van der Waals surface area contributed by atoms with Crippen LogP contribution in [0, 0.1) is 0 Å². The predicted octanol–water partition coefficient (Wildman–Crippen LogP) is 2.79. The maximum atomic E-state index is 11.9. The zero-order valence-corrected chi connectivity index (χ0v) is 14.8. The topological polar surface area (TPSA) is 117 Å². The fourth-order valence-electron chi connectivity index (χ4n) is 3.03. The molecule has 0 radical (unpaired) electrons. The second-order valence-corrected chi connectivity index (χ2v) is 6.21. The summed E-state index contributed by atoms with van der Waals surface area (Å²) in [6.45, 7) is 5.54. The molecule has 136 valence electrons. The lowest BCUT2D eigenvalue weighted by Crippen LogP contribution is -2.48. The van der Waals surface area contributed by atoms with Crippen molar-refractivity contribution < 1.29 is 19.4 Å². The van der Waals surface area contributed by atoms with Crippen molar-refractivity contribution in [2.75, 3.05) is 0 Å². The van der Waals surface area contributed by atoms with Gasteiger partial charge in [-0.05, 0) is 37.8 Å². The summed E-state index contributed by atoms with van der Waals surface area (Å²) in [7, 11) is 0. The summed E-state index contributed by atoms with van der Waals surface area (Å²) in [5, 5.41) is 12.2. The zero-order valence-electron chi connectivity index (χ0n) is 14.8. The van der Waals surface area contributed by atoms with Crippen LogP contribution in [0.15, 0.2) is 24.4 Å². The minimum absolute atomic E-state index is 0.225. The summed E-state index contributed by atoms with van der Waals surface area (Å²) >= 11 is 0. The van der Waals surface area contributed by atoms with Gasteiger partial charge in [0, 0.05) is 17.6 Å². The highest BCUT2D eigenvalue weighted by molar-refractivity contribution is 5.90. The van der Waals surface area contributed by atoms with E-state index < -0.39 is 17.6 Å². The standard InChI is InChI=1S/C18H25N3O4/c1-4-18(5-2,16(19)22)25-14-8-6-7-13-12(10-20-15(13)14)9-11(3)21-17(23)24/h6-8,10-11,20-21H,4-5,9H2,1-3H3,(H2,19,22)(H,23,24)/t11-/m1/s1. The Hall–Kier alpha value is -2.70. The first-order valence-electron chi connectivity index (χ1n) is 8.40. The van der Waals surface area contributed by atoms with E-state index >= 15 is 0 Å². The molecule has 2 rings (SSSR count). The Kier molecular flexibility index (Phi) is 5.56. The van der Waals surface area contributed by atoms with Crippen LogP contribution in [-0.4, -0.2) is 33.7 Å². The highest BCUT2D eigenvalue weighted by Crippen LogP contribution is 2.32. The number of hydrogen-bond donors (Lipinski definition) is 4. The van der Waals surface area contributed by atoms with Gasteiger partial charge < -0.3 is 25.9 Å². The summed E-state index contributed by atoms with van der Waals surface area (Å²) in [6, 6.07) is 5.36. The van der Waals surface area contributed by atoms with E-state index in [1.54, 1.807) is 13.0 Å². The molecule has 7 heteroatoms. The zero-order chi connectivity index (χ0) is 18.6. The highest BCUT2D eigenvalue weighted by atomic mass is 16.5. The molecule has 1 atom stereocenters. The number of para-hydroxylation sites is 1. The number of H-pyrrole nitrogens is 1. The van der Waals surface area contributed by atoms with Crippen LogP contribution in [0.1, 0.15) is 39.2 Å². The van der Waals surface area contributed by atoms with Crippen LogP contribution >= 0.6 is 0 Å². The van der Waals surface area contributed by atoms with Gasteiger partial charge >= 0.3 is 6.09 Å². The van der Waals surface area contributed by atoms with Gasteiger partial charge in [0.25, 0.3) is 5.91 Å². The molecule has 0 bridgehead atoms. The number of nitrogens with one attached hydrogen (secondary N) is 2. The van der Waals surface area contributed by atoms with Gasteiger partial charge in [-0.3, -0.25) is 4.79 Å². The van der Waals surface area contributed by atoms with Crippen molar-refractivity contribution in [2.45, 2.75) is 51.7 Å². The number of rotatable bonds is 8. The molecule has 25 heavy (non-hydrogen) atoms. The number of amides is 2. The van der Waals surface area contributed by atoms with E-state index in [9.17, 15) is 9.59 Å². The third kappa shape index (κ3) is 3.87. The van der Waals surface area contributed by atoms with Crippen molar-refractivity contribution in [3.05, 3.63) is 30.0 Å². The number of nitrogens with two attached hydrogens (primary N) is 1. The lowest BCUT2D eigenvalue weighted by atomic mass is 9.96. The number of hydrogen-bond acceptors (Lipinski definition) is 3. The molecule has 5 N–H and O–H groups in total. The number of aromatic amines is 1. The third-order valence-corrected chi connectivity index (χ3v) is 4.56. The first-order chi connectivity index (χ1) is 11.8. The average molecular weight is 347 g/mol. The number of carbonyl (C=O) groups excluding carboxylic acids is 1. The van der Waals surface area contributed by atoms with Crippen molar-refractivity contribution in [1.29, 1.82) is 0 Å². The fourth-order valence-corrected chi connectivity index (χ4v) is 3.03. The Morgan fingerprint density at radius 2 is 2.04 bits per heavy atom. The molecule has 0 aliphatic rings. The van der Waals surface area contributed by atoms with Crippen LogP contribution in [0.2, 0.25) is 0 Å². The second-order valence-electron chi connectivity index (χ2n) is 6.21. The Morgan fingerprint density at radius 3 is 2.60 bits per heavy atom. The van der Waals surface area contributed by atoms with Gasteiger partial charge in [0.05, 0.1) is 5.52 Å². The summed E-state index contributed by atoms with van der Waals surface area (Å²) in [5.41, 5.74) is 6.26. The number of carbonyl (C=O) groups is 2. The quantitative estimate of drug-likeness (QED) is 0.587. The molecule has 0 aliphatic heterocycles. The van der Waals surface area contributed by atoms with Crippen LogP contribution in [-0.2, 0) is 11.2 Å². The molecule has 7 nitrogen and oxygen atoms in total. The Bertz CT molecular complexity index is 765. The number of carboxylic acid groups (broad SMARTS) is 1. The monoisotopic (exact) mass is 347 g/mol. The second kappa shape index (κ2) is 7.46. The maximum absolute atomic E-state index is 11.9. The van der Waals surface area contributed by atoms with Crippen LogP contribution in [0.3, 0.4) is 0 Å². The fraction of sp³-hybridized carbons (Fsp3) is 0.444. The minimum Gasteiger partial charge on any atom is -0.475 e. The van der Waals surface area contributed by atoms with E-state index in [-0.39, 0.29) is 6.04 Å². The van der Waals surface area contributed by atoms with Gasteiger partial charge in [-0.2, -0.15) is 0 Å². The largest absolute Gasteiger partial charge is 0.475 e. The van der Waals surface area contributed by atoms with Gasteiger partial charge in [-0.1, -0.05) is 26.0 Å². The smallest absolute Gasteiger partial charge is 0.404 e. The van der Waals surface area contributed by atoms with Crippen molar-refractivity contribution in [1.82, 2.24) is 10.3 Å². The molecule has 2 amide bonds. The van der Waals surface area contributed by atoms with E-state index in [1.165, 1.54) is 0 Å². The van der Waals surface area contributed by atoms with Crippen molar-refractivity contribution in [2.24, 2.45) is 5.73 Å². The van der Waals surface area contributed by atoms with E-state index in [2.05, 4.69) is 10.3 Å². The molecule has 2 aromatic rings. The molecule has 0 aliphatic carbocycles. The number of fused-ring (bicyclic) bond motifs is 1. The predicted molar refractivity (Wildman–Crippen MR) is 95.8 cm³/mol. The van der Waals surface area contributed by atoms with Gasteiger partial charge in [-0.25, -0.2) is 4.79 Å². The molecule has 1 aromatic heterocycles. The summed E-state index contributed by atoms with van der Waals surface area (Å²) in [6.07, 6.45) is 2.28. The van der Waals surface area contributed by atoms with Crippen LogP contribution in [0.4, 0.5) is 4.79 Å². The van der Waals surface area contributed by atoms with E-state index in [4.69, 9.17) is 15.6 Å².